The second-order valence-electron chi connectivity index (χ2n) is 2.61. The van der Waals surface area contributed by atoms with Crippen LogP contribution in [0.2, 0.25) is 0 Å². The van der Waals surface area contributed by atoms with Crippen molar-refractivity contribution in [3.05, 3.63) is 41.5 Å². The van der Waals surface area contributed by atoms with E-state index in [-0.39, 0.29) is 0 Å². The number of halogens is 1. The summed E-state index contributed by atoms with van der Waals surface area (Å²) in [7, 11) is 0. The Hall–Kier alpha value is -0.840. The van der Waals surface area contributed by atoms with E-state index in [1.165, 1.54) is 0 Å². The molecule has 0 heterocycles. The summed E-state index contributed by atoms with van der Waals surface area (Å²) < 4.78 is 0.783. The molecule has 0 saturated heterocycles. The third kappa shape index (κ3) is 2.55. The molecule has 13 heavy (non-hydrogen) atoms. The lowest BCUT2D eigenvalue weighted by Crippen LogP contribution is -1.97. The molecule has 0 bridgehead atoms. The maximum atomic E-state index is 10.7. The van der Waals surface area contributed by atoms with Crippen molar-refractivity contribution in [1.82, 2.24) is 0 Å². The Kier molecular flexibility index (Phi) is 3.48. The van der Waals surface area contributed by atoms with Crippen molar-refractivity contribution in [2.75, 3.05) is 0 Å². The van der Waals surface area contributed by atoms with Crippen molar-refractivity contribution in [1.29, 1.82) is 0 Å². The number of carboxylic acids is 1. The highest BCUT2D eigenvalue weighted by molar-refractivity contribution is 14.1. The maximum Gasteiger partial charge on any atom is 0.332 e. The Bertz CT molecular complexity index is 341. The average molecular weight is 288 g/mol. The van der Waals surface area contributed by atoms with Gasteiger partial charge in [0.2, 0.25) is 0 Å². The SMILES string of the molecule is CC(C(=O)O)=C(I)c1ccccc1. The molecule has 0 fully saturated rings. The summed E-state index contributed by atoms with van der Waals surface area (Å²) in [5.41, 5.74) is 1.33. The summed E-state index contributed by atoms with van der Waals surface area (Å²) in [5, 5.41) is 8.75. The lowest BCUT2D eigenvalue weighted by molar-refractivity contribution is -0.132. The molecule has 0 unspecified atom stereocenters. The molecule has 0 spiro atoms. The van der Waals surface area contributed by atoms with Gasteiger partial charge in [-0.1, -0.05) is 30.3 Å². The minimum Gasteiger partial charge on any atom is -0.478 e. The summed E-state index contributed by atoms with van der Waals surface area (Å²) in [5.74, 6) is -0.867. The van der Waals surface area contributed by atoms with Gasteiger partial charge >= 0.3 is 5.97 Å². The van der Waals surface area contributed by atoms with Crippen molar-refractivity contribution >= 4 is 32.1 Å². The lowest BCUT2D eigenvalue weighted by Gasteiger charge is -2.01. The second kappa shape index (κ2) is 4.41. The third-order valence-electron chi connectivity index (χ3n) is 1.68. The fraction of sp³-hybridized carbons (Fsp3) is 0.100. The minimum absolute atomic E-state index is 0.381. The first-order valence-electron chi connectivity index (χ1n) is 3.78. The smallest absolute Gasteiger partial charge is 0.332 e. The second-order valence-corrected chi connectivity index (χ2v) is 3.69. The van der Waals surface area contributed by atoms with Gasteiger partial charge in [0.25, 0.3) is 0 Å². The quantitative estimate of drug-likeness (QED) is 0.671. The van der Waals surface area contributed by atoms with Crippen LogP contribution in [0.3, 0.4) is 0 Å². The van der Waals surface area contributed by atoms with Crippen LogP contribution in [-0.4, -0.2) is 11.1 Å². The van der Waals surface area contributed by atoms with E-state index in [2.05, 4.69) is 0 Å². The predicted molar refractivity (Wildman–Crippen MR) is 60.7 cm³/mol. The van der Waals surface area contributed by atoms with Gasteiger partial charge in [-0.3, -0.25) is 0 Å². The predicted octanol–water partition coefficient (Wildman–Crippen LogP) is 2.94. The Morgan fingerprint density at radius 3 is 2.31 bits per heavy atom. The molecule has 0 aliphatic carbocycles. The summed E-state index contributed by atoms with van der Waals surface area (Å²) in [4.78, 5) is 10.7. The van der Waals surface area contributed by atoms with E-state index in [4.69, 9.17) is 5.11 Å². The largest absolute Gasteiger partial charge is 0.478 e. The molecule has 1 aromatic rings. The van der Waals surface area contributed by atoms with E-state index in [1.54, 1.807) is 6.92 Å². The van der Waals surface area contributed by atoms with Gasteiger partial charge in [-0.25, -0.2) is 4.79 Å². The van der Waals surface area contributed by atoms with Gasteiger partial charge in [-0.15, -0.1) is 0 Å². The molecule has 2 nitrogen and oxygen atoms in total. The van der Waals surface area contributed by atoms with E-state index in [9.17, 15) is 4.79 Å². The summed E-state index contributed by atoms with van der Waals surface area (Å²) >= 11 is 2.05. The van der Waals surface area contributed by atoms with Gasteiger partial charge in [0, 0.05) is 9.15 Å². The Balaban J connectivity index is 3.11. The van der Waals surface area contributed by atoms with Crippen LogP contribution >= 0.6 is 22.6 Å². The highest BCUT2D eigenvalue weighted by Gasteiger charge is 2.07. The first kappa shape index (κ1) is 10.2. The van der Waals surface area contributed by atoms with Crippen molar-refractivity contribution in [3.8, 4) is 0 Å². The molecule has 0 amide bonds. The highest BCUT2D eigenvalue weighted by atomic mass is 127. The lowest BCUT2D eigenvalue weighted by atomic mass is 10.1. The molecule has 1 N–H and O–H groups in total. The number of carbonyl (C=O) groups is 1. The van der Waals surface area contributed by atoms with Gasteiger partial charge in [-0.2, -0.15) is 0 Å². The van der Waals surface area contributed by atoms with E-state index in [0.29, 0.717) is 5.57 Å². The molecule has 0 atom stereocenters. The number of hydrogen-bond acceptors (Lipinski definition) is 1. The maximum absolute atomic E-state index is 10.7. The van der Waals surface area contributed by atoms with Gasteiger partial charge in [0.1, 0.15) is 0 Å². The van der Waals surface area contributed by atoms with E-state index in [0.717, 1.165) is 9.14 Å². The van der Waals surface area contributed by atoms with Crippen molar-refractivity contribution in [3.63, 3.8) is 0 Å². The minimum atomic E-state index is -0.867. The molecule has 0 aliphatic heterocycles. The number of hydrogen-bond donors (Lipinski definition) is 1. The monoisotopic (exact) mass is 288 g/mol. The van der Waals surface area contributed by atoms with E-state index < -0.39 is 5.97 Å². The van der Waals surface area contributed by atoms with Crippen LogP contribution in [0.4, 0.5) is 0 Å². The fourth-order valence-corrected chi connectivity index (χ4v) is 1.49. The summed E-state index contributed by atoms with van der Waals surface area (Å²) in [6.07, 6.45) is 0. The van der Waals surface area contributed by atoms with Gasteiger partial charge < -0.3 is 5.11 Å². The van der Waals surface area contributed by atoms with Crippen LogP contribution in [-0.2, 0) is 4.79 Å². The van der Waals surface area contributed by atoms with Gasteiger partial charge in [0.05, 0.1) is 0 Å². The Morgan fingerprint density at radius 1 is 1.31 bits per heavy atom. The van der Waals surface area contributed by atoms with Crippen molar-refractivity contribution < 1.29 is 9.90 Å². The zero-order valence-corrected chi connectivity index (χ0v) is 9.28. The molecular weight excluding hydrogens is 279 g/mol. The summed E-state index contributed by atoms with van der Waals surface area (Å²) in [6, 6.07) is 9.48. The highest BCUT2D eigenvalue weighted by Crippen LogP contribution is 2.25. The Morgan fingerprint density at radius 2 is 1.85 bits per heavy atom. The first-order valence-corrected chi connectivity index (χ1v) is 4.86. The zero-order chi connectivity index (χ0) is 9.84. The molecule has 3 heteroatoms. The molecule has 0 aliphatic rings. The standard InChI is InChI=1S/C10H9IO2/c1-7(10(12)13)9(11)8-5-3-2-4-6-8/h2-6H,1H3,(H,12,13). The van der Waals surface area contributed by atoms with Crippen LogP contribution in [0.1, 0.15) is 12.5 Å². The average Bonchev–Trinajstić information content (AvgIpc) is 2.17. The van der Waals surface area contributed by atoms with Crippen LogP contribution in [0.15, 0.2) is 35.9 Å². The van der Waals surface area contributed by atoms with Crippen LogP contribution < -0.4 is 0 Å². The number of aliphatic carboxylic acids is 1. The normalized spacial score (nSPS) is 12.2. The fourth-order valence-electron chi connectivity index (χ4n) is 0.895. The number of rotatable bonds is 2. The van der Waals surface area contributed by atoms with Crippen molar-refractivity contribution in [2.45, 2.75) is 6.92 Å². The molecule has 0 aromatic heterocycles. The number of carboxylic acid groups (broad SMARTS) is 1. The van der Waals surface area contributed by atoms with Crippen molar-refractivity contribution in [2.24, 2.45) is 0 Å². The topological polar surface area (TPSA) is 37.3 Å². The first-order chi connectivity index (χ1) is 6.13. The Labute approximate surface area is 90.4 Å². The van der Waals surface area contributed by atoms with Crippen LogP contribution in [0.5, 0.6) is 0 Å². The molecular formula is C10H9IO2. The van der Waals surface area contributed by atoms with Crippen LogP contribution in [0.25, 0.3) is 3.58 Å². The van der Waals surface area contributed by atoms with E-state index in [1.807, 2.05) is 52.9 Å². The molecule has 1 aromatic carbocycles. The summed E-state index contributed by atoms with van der Waals surface area (Å²) in [6.45, 7) is 1.61. The molecule has 0 saturated carbocycles. The zero-order valence-electron chi connectivity index (χ0n) is 7.12. The molecule has 0 radical (unpaired) electrons. The third-order valence-corrected chi connectivity index (χ3v) is 3.11. The molecule has 68 valence electrons. The van der Waals surface area contributed by atoms with Gasteiger partial charge in [-0.05, 0) is 35.1 Å². The van der Waals surface area contributed by atoms with Gasteiger partial charge in [0.15, 0.2) is 0 Å². The number of benzene rings is 1. The molecule has 1 rings (SSSR count). The van der Waals surface area contributed by atoms with Crippen LogP contribution in [0, 0.1) is 0 Å². The van der Waals surface area contributed by atoms with E-state index >= 15 is 0 Å².